The van der Waals surface area contributed by atoms with Gasteiger partial charge in [0.05, 0.1) is 6.54 Å². The van der Waals surface area contributed by atoms with Crippen molar-refractivity contribution in [3.63, 3.8) is 0 Å². The Balaban J connectivity index is 1.72. The molecule has 1 atom stereocenters. The van der Waals surface area contributed by atoms with Crippen LogP contribution in [0.15, 0.2) is 24.5 Å². The molecular formula is C14H21N3O. The number of hydrogen-bond donors (Lipinski definition) is 2. The number of nitrogens with one attached hydrogen (secondary N) is 2. The van der Waals surface area contributed by atoms with Gasteiger partial charge in [0, 0.05) is 24.5 Å². The van der Waals surface area contributed by atoms with Crippen molar-refractivity contribution < 1.29 is 4.79 Å². The molecule has 1 heterocycles. The van der Waals surface area contributed by atoms with Crippen LogP contribution >= 0.6 is 0 Å². The molecule has 4 heteroatoms. The number of rotatable bonds is 5. The lowest BCUT2D eigenvalue weighted by molar-refractivity contribution is -0.121. The van der Waals surface area contributed by atoms with Crippen molar-refractivity contribution in [2.45, 2.75) is 44.7 Å². The van der Waals surface area contributed by atoms with Gasteiger partial charge in [-0.1, -0.05) is 12.8 Å². The molecule has 0 bridgehead atoms. The zero-order chi connectivity index (χ0) is 12.8. The minimum Gasteiger partial charge on any atom is -0.352 e. The number of carbonyl (C=O) groups is 1. The summed E-state index contributed by atoms with van der Waals surface area (Å²) in [4.78, 5) is 15.7. The maximum atomic E-state index is 11.7. The molecule has 1 saturated carbocycles. The topological polar surface area (TPSA) is 54.0 Å². The summed E-state index contributed by atoms with van der Waals surface area (Å²) in [6.07, 6.45) is 8.28. The Morgan fingerprint density at radius 3 is 2.72 bits per heavy atom. The third-order valence-corrected chi connectivity index (χ3v) is 3.50. The maximum Gasteiger partial charge on any atom is 0.234 e. The molecule has 1 aliphatic rings. The number of pyridine rings is 1. The number of hydrogen-bond acceptors (Lipinski definition) is 3. The van der Waals surface area contributed by atoms with Crippen LogP contribution in [0.3, 0.4) is 0 Å². The van der Waals surface area contributed by atoms with Crippen molar-refractivity contribution >= 4 is 5.91 Å². The van der Waals surface area contributed by atoms with Crippen LogP contribution in [0.25, 0.3) is 0 Å². The molecule has 0 unspecified atom stereocenters. The molecule has 18 heavy (non-hydrogen) atoms. The third kappa shape index (κ3) is 3.81. The summed E-state index contributed by atoms with van der Waals surface area (Å²) in [5.41, 5.74) is 1.15. The van der Waals surface area contributed by atoms with Crippen LogP contribution in [0.1, 0.15) is 44.2 Å². The Bertz CT molecular complexity index is 374. The molecule has 0 saturated heterocycles. The van der Waals surface area contributed by atoms with Crippen molar-refractivity contribution in [2.24, 2.45) is 0 Å². The third-order valence-electron chi connectivity index (χ3n) is 3.50. The van der Waals surface area contributed by atoms with E-state index in [-0.39, 0.29) is 11.9 Å². The molecule has 0 spiro atoms. The van der Waals surface area contributed by atoms with E-state index in [0.29, 0.717) is 12.6 Å². The van der Waals surface area contributed by atoms with Crippen LogP contribution in [0.5, 0.6) is 0 Å². The van der Waals surface area contributed by atoms with Gasteiger partial charge in [0.2, 0.25) is 5.91 Å². The lowest BCUT2D eigenvalue weighted by atomic mass is 10.1. The SMILES string of the molecule is C[C@@H](NCC(=O)NC1CCCC1)c1ccncc1. The van der Waals surface area contributed by atoms with Gasteiger partial charge in [-0.05, 0) is 37.5 Å². The first-order chi connectivity index (χ1) is 8.75. The van der Waals surface area contributed by atoms with Crippen molar-refractivity contribution in [1.29, 1.82) is 0 Å². The van der Waals surface area contributed by atoms with Gasteiger partial charge in [0.25, 0.3) is 0 Å². The second-order valence-electron chi connectivity index (χ2n) is 4.93. The van der Waals surface area contributed by atoms with E-state index in [4.69, 9.17) is 0 Å². The molecule has 4 nitrogen and oxygen atoms in total. The fraction of sp³-hybridized carbons (Fsp3) is 0.571. The first-order valence-corrected chi connectivity index (χ1v) is 6.68. The van der Waals surface area contributed by atoms with E-state index in [1.165, 1.54) is 12.8 Å². The van der Waals surface area contributed by atoms with E-state index in [0.717, 1.165) is 18.4 Å². The van der Waals surface area contributed by atoms with Crippen LogP contribution in [0, 0.1) is 0 Å². The molecule has 0 aliphatic heterocycles. The summed E-state index contributed by atoms with van der Waals surface area (Å²) in [7, 11) is 0. The van der Waals surface area contributed by atoms with Gasteiger partial charge in [0.1, 0.15) is 0 Å². The molecule has 2 N–H and O–H groups in total. The lowest BCUT2D eigenvalue weighted by Crippen LogP contribution is -2.39. The largest absolute Gasteiger partial charge is 0.352 e. The highest BCUT2D eigenvalue weighted by Crippen LogP contribution is 2.17. The molecule has 1 fully saturated rings. The second-order valence-corrected chi connectivity index (χ2v) is 4.93. The maximum absolute atomic E-state index is 11.7. The fourth-order valence-electron chi connectivity index (χ4n) is 2.36. The number of carbonyl (C=O) groups excluding carboxylic acids is 1. The lowest BCUT2D eigenvalue weighted by Gasteiger charge is -2.16. The Hall–Kier alpha value is -1.42. The van der Waals surface area contributed by atoms with Crippen LogP contribution < -0.4 is 10.6 Å². The second kappa shape index (κ2) is 6.50. The Morgan fingerprint density at radius 2 is 2.06 bits per heavy atom. The van der Waals surface area contributed by atoms with Gasteiger partial charge in [-0.3, -0.25) is 9.78 Å². The van der Waals surface area contributed by atoms with Crippen molar-refractivity contribution in [3.05, 3.63) is 30.1 Å². The molecule has 0 radical (unpaired) electrons. The quantitative estimate of drug-likeness (QED) is 0.834. The average Bonchev–Trinajstić information content (AvgIpc) is 2.90. The summed E-state index contributed by atoms with van der Waals surface area (Å²) in [6.45, 7) is 2.43. The summed E-state index contributed by atoms with van der Waals surface area (Å²) in [5, 5.41) is 6.30. The first-order valence-electron chi connectivity index (χ1n) is 6.68. The van der Waals surface area contributed by atoms with E-state index >= 15 is 0 Å². The Labute approximate surface area is 108 Å². The predicted octanol–water partition coefficient (Wildman–Crippen LogP) is 1.79. The highest BCUT2D eigenvalue weighted by atomic mass is 16.1. The van der Waals surface area contributed by atoms with E-state index in [2.05, 4.69) is 22.5 Å². The summed E-state index contributed by atoms with van der Waals surface area (Å²) < 4.78 is 0. The standard InChI is InChI=1S/C14H21N3O/c1-11(12-6-8-15-9-7-12)16-10-14(18)17-13-4-2-3-5-13/h6-9,11,13,16H,2-5,10H2,1H3,(H,17,18)/t11-/m1/s1. The molecule has 1 aromatic rings. The molecule has 98 valence electrons. The molecular weight excluding hydrogens is 226 g/mol. The van der Waals surface area contributed by atoms with Crippen molar-refractivity contribution in [1.82, 2.24) is 15.6 Å². The number of aromatic nitrogens is 1. The zero-order valence-corrected chi connectivity index (χ0v) is 10.9. The molecule has 0 aromatic carbocycles. The molecule has 1 aromatic heterocycles. The minimum absolute atomic E-state index is 0.0998. The van der Waals surface area contributed by atoms with E-state index < -0.39 is 0 Å². The van der Waals surface area contributed by atoms with Gasteiger partial charge in [-0.2, -0.15) is 0 Å². The van der Waals surface area contributed by atoms with Gasteiger partial charge in [0.15, 0.2) is 0 Å². The van der Waals surface area contributed by atoms with E-state index in [1.54, 1.807) is 12.4 Å². The van der Waals surface area contributed by atoms with Crippen LogP contribution in [-0.2, 0) is 4.79 Å². The summed E-state index contributed by atoms with van der Waals surface area (Å²) in [5.74, 6) is 0.0998. The fourth-order valence-corrected chi connectivity index (χ4v) is 2.36. The van der Waals surface area contributed by atoms with E-state index in [1.807, 2.05) is 12.1 Å². The minimum atomic E-state index is 0.0998. The highest BCUT2D eigenvalue weighted by molar-refractivity contribution is 5.78. The zero-order valence-electron chi connectivity index (χ0n) is 10.9. The van der Waals surface area contributed by atoms with Gasteiger partial charge in [-0.15, -0.1) is 0 Å². The predicted molar refractivity (Wildman–Crippen MR) is 71.1 cm³/mol. The van der Waals surface area contributed by atoms with Crippen LogP contribution in [0.2, 0.25) is 0 Å². The Morgan fingerprint density at radius 1 is 1.39 bits per heavy atom. The average molecular weight is 247 g/mol. The Kier molecular flexibility index (Phi) is 4.70. The smallest absolute Gasteiger partial charge is 0.234 e. The molecule has 1 amide bonds. The van der Waals surface area contributed by atoms with Gasteiger partial charge < -0.3 is 10.6 Å². The normalized spacial score (nSPS) is 17.6. The molecule has 1 aliphatic carbocycles. The summed E-state index contributed by atoms with van der Waals surface area (Å²) >= 11 is 0. The van der Waals surface area contributed by atoms with Crippen molar-refractivity contribution in [2.75, 3.05) is 6.54 Å². The number of amides is 1. The first kappa shape index (κ1) is 13.0. The molecule has 2 rings (SSSR count). The van der Waals surface area contributed by atoms with Gasteiger partial charge >= 0.3 is 0 Å². The monoisotopic (exact) mass is 247 g/mol. The number of nitrogens with zero attached hydrogens (tertiary/aromatic N) is 1. The summed E-state index contributed by atoms with van der Waals surface area (Å²) in [6, 6.07) is 4.50. The van der Waals surface area contributed by atoms with Crippen LogP contribution in [0.4, 0.5) is 0 Å². The highest BCUT2D eigenvalue weighted by Gasteiger charge is 2.17. The van der Waals surface area contributed by atoms with Crippen LogP contribution in [-0.4, -0.2) is 23.5 Å². The van der Waals surface area contributed by atoms with Gasteiger partial charge in [-0.25, -0.2) is 0 Å². The van der Waals surface area contributed by atoms with E-state index in [9.17, 15) is 4.79 Å². The van der Waals surface area contributed by atoms with Crippen molar-refractivity contribution in [3.8, 4) is 0 Å².